The third-order valence-corrected chi connectivity index (χ3v) is 3.28. The Morgan fingerprint density at radius 3 is 2.94 bits per heavy atom. The van der Waals surface area contributed by atoms with E-state index < -0.39 is 0 Å². The van der Waals surface area contributed by atoms with Gasteiger partial charge in [0.25, 0.3) is 0 Å². The van der Waals surface area contributed by atoms with Crippen LogP contribution in [0.25, 0.3) is 0 Å². The third kappa shape index (κ3) is 2.95. The molecule has 0 aromatic carbocycles. The molecule has 2 unspecified atom stereocenters. The van der Waals surface area contributed by atoms with Crippen LogP contribution in [0.1, 0.15) is 25.7 Å². The summed E-state index contributed by atoms with van der Waals surface area (Å²) in [6, 6.07) is -0.302. The van der Waals surface area contributed by atoms with Gasteiger partial charge in [0.05, 0.1) is 0 Å². The van der Waals surface area contributed by atoms with E-state index >= 15 is 0 Å². The molecule has 0 radical (unpaired) electrons. The molecule has 0 aliphatic carbocycles. The van der Waals surface area contributed by atoms with Gasteiger partial charge in [0, 0.05) is 13.0 Å². The van der Waals surface area contributed by atoms with Crippen LogP contribution in [0.3, 0.4) is 0 Å². The van der Waals surface area contributed by atoms with E-state index in [0.29, 0.717) is 18.8 Å². The third-order valence-electron chi connectivity index (χ3n) is 3.28. The van der Waals surface area contributed by atoms with Crippen LogP contribution in [-0.2, 0) is 9.59 Å². The van der Waals surface area contributed by atoms with Gasteiger partial charge in [-0.05, 0) is 38.3 Å². The molecule has 2 heterocycles. The first-order chi connectivity index (χ1) is 7.75. The molecule has 5 heteroatoms. The zero-order chi connectivity index (χ0) is 11.4. The molecule has 5 nitrogen and oxygen atoms in total. The van der Waals surface area contributed by atoms with E-state index in [2.05, 4.69) is 16.0 Å². The zero-order valence-corrected chi connectivity index (χ0v) is 9.42. The normalized spacial score (nSPS) is 29.9. The number of nitrogens with one attached hydrogen (secondary N) is 3. The molecule has 2 aliphatic heterocycles. The molecule has 2 fully saturated rings. The maximum atomic E-state index is 11.7. The van der Waals surface area contributed by atoms with Crippen molar-refractivity contribution in [3.8, 4) is 0 Å². The van der Waals surface area contributed by atoms with Crippen molar-refractivity contribution < 1.29 is 9.59 Å². The molecule has 2 atom stereocenters. The van der Waals surface area contributed by atoms with Crippen molar-refractivity contribution in [2.75, 3.05) is 19.6 Å². The van der Waals surface area contributed by atoms with E-state index in [1.54, 1.807) is 0 Å². The minimum atomic E-state index is -0.302. The molecule has 0 aromatic rings. The van der Waals surface area contributed by atoms with Gasteiger partial charge in [0.15, 0.2) is 0 Å². The summed E-state index contributed by atoms with van der Waals surface area (Å²) in [7, 11) is 0. The van der Waals surface area contributed by atoms with Gasteiger partial charge in [0.1, 0.15) is 6.04 Å². The molecular weight excluding hydrogens is 206 g/mol. The highest BCUT2D eigenvalue weighted by molar-refractivity contribution is 5.90. The van der Waals surface area contributed by atoms with Crippen LogP contribution >= 0.6 is 0 Å². The zero-order valence-electron chi connectivity index (χ0n) is 9.42. The summed E-state index contributed by atoms with van der Waals surface area (Å²) in [6.07, 6.45) is 3.46. The number of hydrogen-bond acceptors (Lipinski definition) is 3. The Kier molecular flexibility index (Phi) is 3.77. The number of amides is 2. The lowest BCUT2D eigenvalue weighted by Gasteiger charge is -2.23. The maximum absolute atomic E-state index is 11.7. The lowest BCUT2D eigenvalue weighted by atomic mass is 9.99. The Hall–Kier alpha value is -1.10. The minimum absolute atomic E-state index is 0.0144. The summed E-state index contributed by atoms with van der Waals surface area (Å²) in [4.78, 5) is 22.7. The highest BCUT2D eigenvalue weighted by Gasteiger charge is 2.27. The van der Waals surface area contributed by atoms with Gasteiger partial charge >= 0.3 is 0 Å². The predicted octanol–water partition coefficient (Wildman–Crippen LogP) is -0.619. The van der Waals surface area contributed by atoms with E-state index in [1.807, 2.05) is 0 Å². The van der Waals surface area contributed by atoms with Crippen molar-refractivity contribution in [3.63, 3.8) is 0 Å². The number of carbonyl (C=O) groups excluding carboxylic acids is 2. The molecule has 3 N–H and O–H groups in total. The molecule has 2 aliphatic rings. The molecule has 16 heavy (non-hydrogen) atoms. The first-order valence-corrected chi connectivity index (χ1v) is 6.03. The van der Waals surface area contributed by atoms with Crippen LogP contribution in [0.2, 0.25) is 0 Å². The molecule has 2 rings (SSSR count). The fourth-order valence-electron chi connectivity index (χ4n) is 2.28. The fraction of sp³-hybridized carbons (Fsp3) is 0.818. The molecule has 0 bridgehead atoms. The first-order valence-electron chi connectivity index (χ1n) is 6.03. The Balaban J connectivity index is 1.68. The quantitative estimate of drug-likeness (QED) is 0.599. The van der Waals surface area contributed by atoms with Crippen LogP contribution in [0.5, 0.6) is 0 Å². The average molecular weight is 225 g/mol. The van der Waals surface area contributed by atoms with Crippen molar-refractivity contribution in [2.45, 2.75) is 31.7 Å². The molecule has 0 saturated carbocycles. The minimum Gasteiger partial charge on any atom is -0.354 e. The van der Waals surface area contributed by atoms with Crippen LogP contribution < -0.4 is 16.0 Å². The average Bonchev–Trinajstić information content (AvgIpc) is 2.74. The summed E-state index contributed by atoms with van der Waals surface area (Å²) in [5.74, 6) is 0.491. The van der Waals surface area contributed by atoms with E-state index in [4.69, 9.17) is 0 Å². The largest absolute Gasteiger partial charge is 0.354 e. The van der Waals surface area contributed by atoms with Crippen molar-refractivity contribution in [1.29, 1.82) is 0 Å². The summed E-state index contributed by atoms with van der Waals surface area (Å²) in [5.41, 5.74) is 0. The van der Waals surface area contributed by atoms with Crippen LogP contribution in [-0.4, -0.2) is 37.5 Å². The highest BCUT2D eigenvalue weighted by Crippen LogP contribution is 2.10. The van der Waals surface area contributed by atoms with Crippen LogP contribution in [0.4, 0.5) is 0 Å². The van der Waals surface area contributed by atoms with E-state index in [-0.39, 0.29) is 17.9 Å². The van der Waals surface area contributed by atoms with E-state index in [1.165, 1.54) is 12.8 Å². The number of hydrogen-bond donors (Lipinski definition) is 3. The summed E-state index contributed by atoms with van der Waals surface area (Å²) in [6.45, 7) is 2.79. The van der Waals surface area contributed by atoms with Gasteiger partial charge in [-0.1, -0.05) is 0 Å². The van der Waals surface area contributed by atoms with E-state index in [9.17, 15) is 9.59 Å². The SMILES string of the molecule is O=C1CCC(C(=O)NCC2CCCNC2)N1. The second-order valence-electron chi connectivity index (χ2n) is 4.62. The molecule has 2 amide bonds. The Morgan fingerprint density at radius 2 is 2.31 bits per heavy atom. The highest BCUT2D eigenvalue weighted by atomic mass is 16.2. The molecule has 90 valence electrons. The molecular formula is C11H19N3O2. The number of piperidine rings is 1. The van der Waals surface area contributed by atoms with Crippen molar-refractivity contribution >= 4 is 11.8 Å². The second-order valence-corrected chi connectivity index (χ2v) is 4.62. The number of rotatable bonds is 3. The maximum Gasteiger partial charge on any atom is 0.242 e. The summed E-state index contributed by atoms with van der Waals surface area (Å²) < 4.78 is 0. The number of carbonyl (C=O) groups is 2. The Morgan fingerprint density at radius 1 is 1.44 bits per heavy atom. The standard InChI is InChI=1S/C11H19N3O2/c15-10-4-3-9(14-10)11(16)13-7-8-2-1-5-12-6-8/h8-9,12H,1-7H2,(H,13,16)(H,14,15). The van der Waals surface area contributed by atoms with Crippen molar-refractivity contribution in [1.82, 2.24) is 16.0 Å². The smallest absolute Gasteiger partial charge is 0.242 e. The van der Waals surface area contributed by atoms with Crippen LogP contribution in [0, 0.1) is 5.92 Å². The molecule has 0 spiro atoms. The lowest BCUT2D eigenvalue weighted by molar-refractivity contribution is -0.125. The lowest BCUT2D eigenvalue weighted by Crippen LogP contribution is -2.45. The first kappa shape index (κ1) is 11.4. The second kappa shape index (κ2) is 5.30. The van der Waals surface area contributed by atoms with Crippen molar-refractivity contribution in [2.24, 2.45) is 5.92 Å². The molecule has 0 aromatic heterocycles. The Labute approximate surface area is 95.3 Å². The predicted molar refractivity (Wildman–Crippen MR) is 59.8 cm³/mol. The van der Waals surface area contributed by atoms with Crippen molar-refractivity contribution in [3.05, 3.63) is 0 Å². The molecule has 2 saturated heterocycles. The van der Waals surface area contributed by atoms with Gasteiger partial charge in [0.2, 0.25) is 11.8 Å². The summed E-state index contributed by atoms with van der Waals surface area (Å²) in [5, 5.41) is 8.91. The Bertz CT molecular complexity index is 274. The summed E-state index contributed by atoms with van der Waals surface area (Å²) >= 11 is 0. The van der Waals surface area contributed by atoms with Gasteiger partial charge in [-0.2, -0.15) is 0 Å². The fourth-order valence-corrected chi connectivity index (χ4v) is 2.28. The van der Waals surface area contributed by atoms with E-state index in [0.717, 1.165) is 19.6 Å². The van der Waals surface area contributed by atoms with Gasteiger partial charge < -0.3 is 16.0 Å². The van der Waals surface area contributed by atoms with Crippen LogP contribution in [0.15, 0.2) is 0 Å². The van der Waals surface area contributed by atoms with Gasteiger partial charge in [-0.15, -0.1) is 0 Å². The van der Waals surface area contributed by atoms with Gasteiger partial charge in [-0.25, -0.2) is 0 Å². The monoisotopic (exact) mass is 225 g/mol. The van der Waals surface area contributed by atoms with Gasteiger partial charge in [-0.3, -0.25) is 9.59 Å². The topological polar surface area (TPSA) is 70.2 Å².